The van der Waals surface area contributed by atoms with Crippen LogP contribution in [0.1, 0.15) is 28.4 Å². The molecule has 0 aliphatic carbocycles. The van der Waals surface area contributed by atoms with E-state index in [9.17, 15) is 4.79 Å². The minimum Gasteiger partial charge on any atom is -0.492 e. The van der Waals surface area contributed by atoms with E-state index in [0.29, 0.717) is 40.7 Å². The fourth-order valence-corrected chi connectivity index (χ4v) is 2.74. The third kappa shape index (κ3) is 4.46. The summed E-state index contributed by atoms with van der Waals surface area (Å²) in [5.74, 6) is 0.171. The van der Waals surface area contributed by atoms with E-state index in [2.05, 4.69) is 16.5 Å². The molecule has 1 aromatic heterocycles. The summed E-state index contributed by atoms with van der Waals surface area (Å²) in [6.45, 7) is 2.76. The van der Waals surface area contributed by atoms with Crippen molar-refractivity contribution >= 4 is 23.2 Å². The molecule has 1 heterocycles. The van der Waals surface area contributed by atoms with Crippen molar-refractivity contribution in [1.29, 1.82) is 5.26 Å². The lowest BCUT2D eigenvalue weighted by atomic mass is 10.2. The molecule has 3 rings (SSSR count). The molecule has 27 heavy (non-hydrogen) atoms. The molecule has 0 bridgehead atoms. The zero-order valence-corrected chi connectivity index (χ0v) is 15.4. The second kappa shape index (κ2) is 8.39. The summed E-state index contributed by atoms with van der Waals surface area (Å²) in [6.07, 6.45) is 3.13. The van der Waals surface area contributed by atoms with E-state index in [4.69, 9.17) is 21.6 Å². The van der Waals surface area contributed by atoms with E-state index >= 15 is 0 Å². The van der Waals surface area contributed by atoms with Crippen LogP contribution in [-0.2, 0) is 6.54 Å². The lowest BCUT2D eigenvalue weighted by molar-refractivity contribution is 0.102. The normalized spacial score (nSPS) is 10.3. The van der Waals surface area contributed by atoms with Crippen LogP contribution in [0.2, 0.25) is 5.02 Å². The summed E-state index contributed by atoms with van der Waals surface area (Å²) in [5, 5.41) is 16.7. The van der Waals surface area contributed by atoms with Gasteiger partial charge in [-0.1, -0.05) is 29.8 Å². The molecule has 0 atom stereocenters. The average Bonchev–Trinajstić information content (AvgIpc) is 3.14. The van der Waals surface area contributed by atoms with Gasteiger partial charge in [-0.3, -0.25) is 9.48 Å². The number of carbonyl (C=O) groups is 1. The van der Waals surface area contributed by atoms with Crippen molar-refractivity contribution in [2.24, 2.45) is 0 Å². The first-order valence-electron chi connectivity index (χ1n) is 8.35. The van der Waals surface area contributed by atoms with E-state index in [-0.39, 0.29) is 5.91 Å². The van der Waals surface area contributed by atoms with Crippen LogP contribution >= 0.6 is 11.6 Å². The lowest BCUT2D eigenvalue weighted by Crippen LogP contribution is -2.12. The van der Waals surface area contributed by atoms with Gasteiger partial charge in [0.2, 0.25) is 0 Å². The number of rotatable bonds is 6. The molecule has 2 aromatic carbocycles. The highest BCUT2D eigenvalue weighted by atomic mass is 35.5. The summed E-state index contributed by atoms with van der Waals surface area (Å²) in [7, 11) is 0. The fourth-order valence-electron chi connectivity index (χ4n) is 2.54. The van der Waals surface area contributed by atoms with E-state index < -0.39 is 0 Å². The molecule has 0 aliphatic heterocycles. The summed E-state index contributed by atoms with van der Waals surface area (Å²) >= 11 is 6.17. The zero-order valence-electron chi connectivity index (χ0n) is 14.6. The Morgan fingerprint density at radius 2 is 2.15 bits per heavy atom. The highest BCUT2D eigenvalue weighted by Gasteiger charge is 2.13. The van der Waals surface area contributed by atoms with E-state index in [1.807, 2.05) is 31.2 Å². The average molecular weight is 381 g/mol. The number of nitriles is 1. The standard InChI is InChI=1S/C20H17ClN4O2/c1-2-27-19-8-7-14(10-22)9-18(19)24-20(26)16-11-23-25(13-16)12-15-5-3-4-6-17(15)21/h3-9,11,13H,2,12H2,1H3,(H,24,26). The van der Waals surface area contributed by atoms with Crippen LogP contribution < -0.4 is 10.1 Å². The van der Waals surface area contributed by atoms with Crippen molar-refractivity contribution in [3.05, 3.63) is 76.6 Å². The van der Waals surface area contributed by atoms with Crippen LogP contribution in [0.4, 0.5) is 5.69 Å². The maximum absolute atomic E-state index is 12.6. The minimum atomic E-state index is -0.337. The monoisotopic (exact) mass is 380 g/mol. The minimum absolute atomic E-state index is 0.337. The molecule has 3 aromatic rings. The molecule has 0 spiro atoms. The second-order valence-corrected chi connectivity index (χ2v) is 6.14. The summed E-state index contributed by atoms with van der Waals surface area (Å²) in [6, 6.07) is 14.4. The van der Waals surface area contributed by atoms with Crippen molar-refractivity contribution in [3.8, 4) is 11.8 Å². The van der Waals surface area contributed by atoms with Gasteiger partial charge < -0.3 is 10.1 Å². The largest absolute Gasteiger partial charge is 0.492 e. The van der Waals surface area contributed by atoms with Crippen LogP contribution in [0.15, 0.2) is 54.9 Å². The number of anilines is 1. The maximum Gasteiger partial charge on any atom is 0.258 e. The number of amides is 1. The van der Waals surface area contributed by atoms with Crippen LogP contribution in [0.25, 0.3) is 0 Å². The van der Waals surface area contributed by atoms with Crippen LogP contribution in [-0.4, -0.2) is 22.3 Å². The Morgan fingerprint density at radius 1 is 1.33 bits per heavy atom. The highest BCUT2D eigenvalue weighted by Crippen LogP contribution is 2.26. The molecule has 136 valence electrons. The number of ether oxygens (including phenoxy) is 1. The molecule has 0 saturated heterocycles. The number of carbonyl (C=O) groups excluding carboxylic acids is 1. The third-order valence-corrected chi connectivity index (χ3v) is 4.21. The highest BCUT2D eigenvalue weighted by molar-refractivity contribution is 6.31. The number of halogens is 1. The van der Waals surface area contributed by atoms with E-state index in [1.54, 1.807) is 29.1 Å². The van der Waals surface area contributed by atoms with Crippen molar-refractivity contribution in [2.45, 2.75) is 13.5 Å². The van der Waals surface area contributed by atoms with Crippen molar-refractivity contribution < 1.29 is 9.53 Å². The number of nitrogens with zero attached hydrogens (tertiary/aromatic N) is 3. The van der Waals surface area contributed by atoms with Crippen molar-refractivity contribution in [1.82, 2.24) is 9.78 Å². The molecule has 1 amide bonds. The Balaban J connectivity index is 1.77. The van der Waals surface area contributed by atoms with Gasteiger partial charge in [0.05, 0.1) is 42.2 Å². The molecule has 6 nitrogen and oxygen atoms in total. The first-order valence-corrected chi connectivity index (χ1v) is 8.72. The molecule has 0 fully saturated rings. The fraction of sp³-hybridized carbons (Fsp3) is 0.150. The van der Waals surface area contributed by atoms with Crippen LogP contribution in [0.5, 0.6) is 5.75 Å². The quantitative estimate of drug-likeness (QED) is 0.697. The molecular weight excluding hydrogens is 364 g/mol. The van der Waals surface area contributed by atoms with Gasteiger partial charge in [-0.05, 0) is 36.8 Å². The smallest absolute Gasteiger partial charge is 0.258 e. The first-order chi connectivity index (χ1) is 13.1. The molecule has 0 saturated carbocycles. The van der Waals surface area contributed by atoms with Gasteiger partial charge in [-0.2, -0.15) is 10.4 Å². The Morgan fingerprint density at radius 3 is 2.89 bits per heavy atom. The van der Waals surface area contributed by atoms with E-state index in [0.717, 1.165) is 5.56 Å². The molecule has 1 N–H and O–H groups in total. The number of hydrogen-bond donors (Lipinski definition) is 1. The molecule has 7 heteroatoms. The van der Waals surface area contributed by atoms with Gasteiger partial charge in [-0.15, -0.1) is 0 Å². The van der Waals surface area contributed by atoms with Gasteiger partial charge in [0.1, 0.15) is 5.75 Å². The van der Waals surface area contributed by atoms with Gasteiger partial charge >= 0.3 is 0 Å². The number of benzene rings is 2. The predicted octanol–water partition coefficient (Wildman–Crippen LogP) is 4.11. The van der Waals surface area contributed by atoms with Crippen molar-refractivity contribution in [2.75, 3.05) is 11.9 Å². The zero-order chi connectivity index (χ0) is 19.2. The van der Waals surface area contributed by atoms with Gasteiger partial charge in [0.15, 0.2) is 0 Å². The first kappa shape index (κ1) is 18.5. The summed E-state index contributed by atoms with van der Waals surface area (Å²) in [5.41, 5.74) is 2.18. The Hall–Kier alpha value is -3.30. The SMILES string of the molecule is CCOc1ccc(C#N)cc1NC(=O)c1cnn(Cc2ccccc2Cl)c1. The summed E-state index contributed by atoms with van der Waals surface area (Å²) < 4.78 is 7.16. The number of hydrogen-bond acceptors (Lipinski definition) is 4. The topological polar surface area (TPSA) is 79.9 Å². The molecular formula is C20H17ClN4O2. The van der Waals surface area contributed by atoms with E-state index in [1.165, 1.54) is 6.20 Å². The maximum atomic E-state index is 12.6. The van der Waals surface area contributed by atoms with Crippen LogP contribution in [0, 0.1) is 11.3 Å². The molecule has 0 unspecified atom stereocenters. The van der Waals surface area contributed by atoms with Crippen molar-refractivity contribution in [3.63, 3.8) is 0 Å². The Labute approximate surface area is 161 Å². The molecule has 0 aliphatic rings. The predicted molar refractivity (Wildman–Crippen MR) is 103 cm³/mol. The number of aromatic nitrogens is 2. The Kier molecular flexibility index (Phi) is 5.74. The number of nitrogens with one attached hydrogen (secondary N) is 1. The Bertz CT molecular complexity index is 1010. The lowest BCUT2D eigenvalue weighted by Gasteiger charge is -2.11. The third-order valence-electron chi connectivity index (χ3n) is 3.84. The second-order valence-electron chi connectivity index (χ2n) is 5.73. The molecule has 0 radical (unpaired) electrons. The van der Waals surface area contributed by atoms with Crippen LogP contribution in [0.3, 0.4) is 0 Å². The van der Waals surface area contributed by atoms with Gasteiger partial charge in [0, 0.05) is 11.2 Å². The van der Waals surface area contributed by atoms with Gasteiger partial charge in [0.25, 0.3) is 5.91 Å². The van der Waals surface area contributed by atoms with Gasteiger partial charge in [-0.25, -0.2) is 0 Å². The summed E-state index contributed by atoms with van der Waals surface area (Å²) in [4.78, 5) is 12.6.